The Morgan fingerprint density at radius 2 is 1.52 bits per heavy atom. The predicted molar refractivity (Wildman–Crippen MR) is 91.8 cm³/mol. The molecule has 0 bridgehead atoms. The van der Waals surface area contributed by atoms with Gasteiger partial charge in [0.25, 0.3) is 0 Å². The Kier molecular flexibility index (Phi) is 16.1. The van der Waals surface area contributed by atoms with Gasteiger partial charge in [0.05, 0.1) is 0 Å². The summed E-state index contributed by atoms with van der Waals surface area (Å²) < 4.78 is 0. The van der Waals surface area contributed by atoms with E-state index in [9.17, 15) is 4.79 Å². The summed E-state index contributed by atoms with van der Waals surface area (Å²) in [7, 11) is 0. The molecule has 2 heterocycles. The maximum atomic E-state index is 10.5. The van der Waals surface area contributed by atoms with Crippen LogP contribution in [-0.2, 0) is 4.79 Å². The van der Waals surface area contributed by atoms with E-state index in [1.165, 1.54) is 6.54 Å². The van der Waals surface area contributed by atoms with Gasteiger partial charge in [0.2, 0.25) is 0 Å². The van der Waals surface area contributed by atoms with Crippen LogP contribution in [0.3, 0.4) is 0 Å². The number of rotatable bonds is 3. The molecule has 0 aromatic carbocycles. The zero-order chi connectivity index (χ0) is 16.7. The minimum Gasteiger partial charge on any atom is -0.480 e. The van der Waals surface area contributed by atoms with Crippen LogP contribution in [0.4, 0.5) is 0 Å². The fourth-order valence-corrected chi connectivity index (χ4v) is 1.90. The first-order valence-electron chi connectivity index (χ1n) is 8.19. The first kappa shape index (κ1) is 22.2. The fraction of sp³-hybridized carbons (Fsp3) is 0.706. The van der Waals surface area contributed by atoms with E-state index in [-0.39, 0.29) is 6.04 Å². The SMILES string of the molecule is CC.CC.CCN1CC=CC1.CCN1CC=CC1C(=O)O. The van der Waals surface area contributed by atoms with E-state index in [1.807, 2.05) is 45.6 Å². The molecule has 1 N–H and O–H groups in total. The second kappa shape index (κ2) is 15.3. The first-order chi connectivity index (χ1) is 10.2. The highest BCUT2D eigenvalue weighted by atomic mass is 16.4. The second-order valence-electron chi connectivity index (χ2n) is 4.12. The van der Waals surface area contributed by atoms with Crippen molar-refractivity contribution in [1.29, 1.82) is 0 Å². The molecule has 21 heavy (non-hydrogen) atoms. The number of aliphatic carboxylic acids is 1. The van der Waals surface area contributed by atoms with Gasteiger partial charge in [-0.3, -0.25) is 14.6 Å². The van der Waals surface area contributed by atoms with Crippen molar-refractivity contribution in [2.45, 2.75) is 47.6 Å². The summed E-state index contributed by atoms with van der Waals surface area (Å²) in [6, 6.07) is -0.384. The van der Waals surface area contributed by atoms with Crippen molar-refractivity contribution >= 4 is 5.97 Å². The molecular formula is C17H34N2O2. The van der Waals surface area contributed by atoms with Crippen molar-refractivity contribution in [2.24, 2.45) is 0 Å². The Balaban J connectivity index is 0. The molecule has 0 aromatic heterocycles. The first-order valence-corrected chi connectivity index (χ1v) is 8.19. The molecule has 0 spiro atoms. The number of likely N-dealkylation sites (N-methyl/N-ethyl adjacent to an activating group) is 2. The Morgan fingerprint density at radius 1 is 1.00 bits per heavy atom. The third-order valence-electron chi connectivity index (χ3n) is 3.05. The van der Waals surface area contributed by atoms with Crippen LogP contribution in [-0.4, -0.2) is 59.6 Å². The maximum Gasteiger partial charge on any atom is 0.324 e. The van der Waals surface area contributed by atoms with Crippen molar-refractivity contribution in [1.82, 2.24) is 9.80 Å². The van der Waals surface area contributed by atoms with Gasteiger partial charge in [0, 0.05) is 19.6 Å². The largest absolute Gasteiger partial charge is 0.480 e. The monoisotopic (exact) mass is 298 g/mol. The zero-order valence-electron chi connectivity index (χ0n) is 14.7. The Morgan fingerprint density at radius 3 is 1.81 bits per heavy atom. The van der Waals surface area contributed by atoms with Gasteiger partial charge in [-0.2, -0.15) is 0 Å². The van der Waals surface area contributed by atoms with Crippen molar-refractivity contribution in [3.63, 3.8) is 0 Å². The Labute approximate surface area is 131 Å². The second-order valence-corrected chi connectivity index (χ2v) is 4.12. The van der Waals surface area contributed by atoms with Crippen molar-refractivity contribution in [3.8, 4) is 0 Å². The normalized spacial score (nSPS) is 19.8. The number of carbonyl (C=O) groups is 1. The van der Waals surface area contributed by atoms with Crippen LogP contribution in [0.15, 0.2) is 24.3 Å². The van der Waals surface area contributed by atoms with E-state index >= 15 is 0 Å². The van der Waals surface area contributed by atoms with Gasteiger partial charge in [0.1, 0.15) is 6.04 Å². The summed E-state index contributed by atoms with van der Waals surface area (Å²) in [6.45, 7) is 17.2. The minimum atomic E-state index is -0.754. The topological polar surface area (TPSA) is 43.8 Å². The highest BCUT2D eigenvalue weighted by Crippen LogP contribution is 2.08. The molecule has 124 valence electrons. The van der Waals surface area contributed by atoms with Crippen molar-refractivity contribution < 1.29 is 9.90 Å². The number of hydrogen-bond donors (Lipinski definition) is 1. The molecule has 0 saturated carbocycles. The lowest BCUT2D eigenvalue weighted by Crippen LogP contribution is -2.35. The van der Waals surface area contributed by atoms with Crippen LogP contribution in [0.1, 0.15) is 41.5 Å². The van der Waals surface area contributed by atoms with E-state index in [0.717, 1.165) is 26.2 Å². The molecule has 1 unspecified atom stereocenters. The Bertz CT molecular complexity index is 293. The van der Waals surface area contributed by atoms with Gasteiger partial charge in [-0.15, -0.1) is 0 Å². The smallest absolute Gasteiger partial charge is 0.324 e. The highest BCUT2D eigenvalue weighted by Gasteiger charge is 2.23. The van der Waals surface area contributed by atoms with Crippen LogP contribution in [0.2, 0.25) is 0 Å². The van der Waals surface area contributed by atoms with Crippen LogP contribution < -0.4 is 0 Å². The van der Waals surface area contributed by atoms with Crippen LogP contribution in [0.25, 0.3) is 0 Å². The van der Waals surface area contributed by atoms with Crippen molar-refractivity contribution in [2.75, 3.05) is 32.7 Å². The molecule has 0 aliphatic carbocycles. The highest BCUT2D eigenvalue weighted by molar-refractivity contribution is 5.76. The van der Waals surface area contributed by atoms with E-state index in [0.29, 0.717) is 0 Å². The molecule has 2 rings (SSSR count). The van der Waals surface area contributed by atoms with Gasteiger partial charge in [-0.25, -0.2) is 0 Å². The lowest BCUT2D eigenvalue weighted by atomic mass is 10.3. The molecular weight excluding hydrogens is 264 g/mol. The third kappa shape index (κ3) is 9.43. The summed E-state index contributed by atoms with van der Waals surface area (Å²) >= 11 is 0. The van der Waals surface area contributed by atoms with Gasteiger partial charge in [-0.05, 0) is 13.1 Å². The lowest BCUT2D eigenvalue weighted by Gasteiger charge is -2.17. The third-order valence-corrected chi connectivity index (χ3v) is 3.05. The van der Waals surface area contributed by atoms with Gasteiger partial charge in [0.15, 0.2) is 0 Å². The molecule has 2 aliphatic heterocycles. The van der Waals surface area contributed by atoms with Gasteiger partial charge >= 0.3 is 5.97 Å². The Hall–Kier alpha value is -1.13. The standard InChI is InChI=1S/C7H11NO2.C6H11N.2C2H6/c1-2-8-5-3-4-6(8)7(9)10;1-2-7-5-3-4-6-7;2*1-2/h3-4,6H,2,5H2,1H3,(H,9,10);3-4H,2,5-6H2,1H3;2*1-2H3. The van der Waals surface area contributed by atoms with E-state index in [2.05, 4.69) is 24.0 Å². The maximum absolute atomic E-state index is 10.5. The molecule has 0 saturated heterocycles. The summed E-state index contributed by atoms with van der Waals surface area (Å²) in [5.41, 5.74) is 0. The fourth-order valence-electron chi connectivity index (χ4n) is 1.90. The summed E-state index contributed by atoms with van der Waals surface area (Å²) in [6.07, 6.45) is 8.04. The summed E-state index contributed by atoms with van der Waals surface area (Å²) in [5.74, 6) is -0.754. The van der Waals surface area contributed by atoms with Crippen LogP contribution >= 0.6 is 0 Å². The average Bonchev–Trinajstić information content (AvgIpc) is 3.22. The quantitative estimate of drug-likeness (QED) is 0.812. The molecule has 4 nitrogen and oxygen atoms in total. The molecule has 0 fully saturated rings. The minimum absolute atomic E-state index is 0.384. The molecule has 2 aliphatic rings. The molecule has 0 amide bonds. The molecule has 4 heteroatoms. The summed E-state index contributed by atoms with van der Waals surface area (Å²) in [4.78, 5) is 14.7. The van der Waals surface area contributed by atoms with E-state index in [4.69, 9.17) is 5.11 Å². The average molecular weight is 298 g/mol. The van der Waals surface area contributed by atoms with E-state index < -0.39 is 5.97 Å². The van der Waals surface area contributed by atoms with Gasteiger partial charge in [-0.1, -0.05) is 65.8 Å². The van der Waals surface area contributed by atoms with Crippen LogP contribution in [0.5, 0.6) is 0 Å². The molecule has 0 aromatic rings. The summed E-state index contributed by atoms with van der Waals surface area (Å²) in [5, 5.41) is 8.62. The van der Waals surface area contributed by atoms with Gasteiger partial charge < -0.3 is 5.11 Å². The lowest BCUT2D eigenvalue weighted by molar-refractivity contribution is -0.140. The zero-order valence-corrected chi connectivity index (χ0v) is 14.7. The van der Waals surface area contributed by atoms with E-state index in [1.54, 1.807) is 6.08 Å². The number of hydrogen-bond acceptors (Lipinski definition) is 3. The molecule has 1 atom stereocenters. The number of nitrogens with zero attached hydrogens (tertiary/aromatic N) is 2. The number of carboxylic acids is 1. The predicted octanol–water partition coefficient (Wildman–Crippen LogP) is 3.26. The van der Waals surface area contributed by atoms with Crippen molar-refractivity contribution in [3.05, 3.63) is 24.3 Å². The molecule has 0 radical (unpaired) electrons. The van der Waals surface area contributed by atoms with Crippen LogP contribution in [0, 0.1) is 0 Å². The number of carboxylic acid groups (broad SMARTS) is 1.